The Kier molecular flexibility index (Phi) is 6.36. The van der Waals surface area contributed by atoms with Crippen LogP contribution in [-0.4, -0.2) is 35.0 Å². The summed E-state index contributed by atoms with van der Waals surface area (Å²) in [5.41, 5.74) is 0.788. The van der Waals surface area contributed by atoms with Crippen LogP contribution in [0, 0.1) is 0 Å². The molecular weight excluding hydrogens is 388 g/mol. The molecule has 0 aliphatic carbocycles. The molecule has 2 heterocycles. The lowest BCUT2D eigenvalue weighted by Crippen LogP contribution is -2.37. The molecule has 3 amide bonds. The van der Waals surface area contributed by atoms with E-state index >= 15 is 0 Å². The Balaban J connectivity index is 1.48. The maximum absolute atomic E-state index is 12.4. The fraction of sp³-hybridized carbons (Fsp3) is 0.211. The lowest BCUT2D eigenvalue weighted by atomic mass is 10.2. The monoisotopic (exact) mass is 404 g/mol. The third kappa shape index (κ3) is 5.24. The van der Waals surface area contributed by atoms with Gasteiger partial charge in [-0.15, -0.1) is 0 Å². The Morgan fingerprint density at radius 1 is 1.22 bits per heavy atom. The number of carbonyl (C=O) groups excluding carboxylic acids is 3. The molecule has 1 saturated heterocycles. The second-order valence-electron chi connectivity index (χ2n) is 5.81. The Morgan fingerprint density at radius 3 is 2.70 bits per heavy atom. The summed E-state index contributed by atoms with van der Waals surface area (Å²) >= 11 is 6.73. The number of imide groups is 1. The lowest BCUT2D eigenvalue weighted by molar-refractivity contribution is -0.124. The molecule has 140 valence electrons. The number of furan rings is 1. The minimum absolute atomic E-state index is 0.134. The fourth-order valence-electron chi connectivity index (χ4n) is 2.49. The molecule has 0 atom stereocenters. The number of hydrogen-bond donors (Lipinski definition) is 1. The summed E-state index contributed by atoms with van der Waals surface area (Å²) in [4.78, 5) is 37.8. The van der Waals surface area contributed by atoms with Crippen LogP contribution in [0.4, 0.5) is 4.79 Å². The predicted octanol–water partition coefficient (Wildman–Crippen LogP) is 3.72. The number of halogens is 1. The number of rotatable bonds is 7. The maximum Gasteiger partial charge on any atom is 0.293 e. The smallest absolute Gasteiger partial charge is 0.293 e. The molecule has 0 bridgehead atoms. The van der Waals surface area contributed by atoms with E-state index in [1.165, 1.54) is 0 Å². The van der Waals surface area contributed by atoms with Gasteiger partial charge in [-0.25, -0.2) is 0 Å². The normalized spacial score (nSPS) is 15.6. The second-order valence-corrected chi connectivity index (χ2v) is 7.24. The zero-order chi connectivity index (χ0) is 19.2. The van der Waals surface area contributed by atoms with Crippen LogP contribution >= 0.6 is 23.4 Å². The highest BCUT2D eigenvalue weighted by molar-refractivity contribution is 8.18. The highest BCUT2D eigenvalue weighted by atomic mass is 35.5. The summed E-state index contributed by atoms with van der Waals surface area (Å²) in [5.74, 6) is 0.225. The molecular formula is C19H17ClN2O4S. The number of nitrogens with one attached hydrogen (secondary N) is 1. The van der Waals surface area contributed by atoms with Gasteiger partial charge in [-0.2, -0.15) is 0 Å². The zero-order valence-corrected chi connectivity index (χ0v) is 15.9. The standard InChI is InChI=1S/C19H17ClN2O4S/c20-14-5-3-13(4-6-14)12-16-18(24)22(19(25)27-16)10-9-21-17(23)8-7-15-2-1-11-26-15/h1-6,11-12H,7-10H2,(H,21,23). The van der Waals surface area contributed by atoms with Gasteiger partial charge >= 0.3 is 0 Å². The first-order valence-corrected chi connectivity index (χ1v) is 9.52. The fourth-order valence-corrected chi connectivity index (χ4v) is 3.48. The van der Waals surface area contributed by atoms with Crippen LogP contribution in [0.2, 0.25) is 5.02 Å². The van der Waals surface area contributed by atoms with Crippen molar-refractivity contribution < 1.29 is 18.8 Å². The van der Waals surface area contributed by atoms with Crippen molar-refractivity contribution >= 4 is 46.5 Å². The van der Waals surface area contributed by atoms with Gasteiger partial charge in [-0.3, -0.25) is 19.3 Å². The van der Waals surface area contributed by atoms with Gasteiger partial charge in [0.2, 0.25) is 5.91 Å². The molecule has 6 nitrogen and oxygen atoms in total. The molecule has 1 fully saturated rings. The SMILES string of the molecule is O=C(CCc1ccco1)NCCN1C(=O)SC(=Cc2ccc(Cl)cc2)C1=O. The van der Waals surface area contributed by atoms with E-state index in [0.717, 1.165) is 28.0 Å². The molecule has 0 radical (unpaired) electrons. The van der Waals surface area contributed by atoms with Crippen molar-refractivity contribution in [3.8, 4) is 0 Å². The number of aryl methyl sites for hydroxylation is 1. The first-order chi connectivity index (χ1) is 13.0. The van der Waals surface area contributed by atoms with E-state index < -0.39 is 0 Å². The number of thioether (sulfide) groups is 1. The molecule has 0 unspecified atom stereocenters. The Bertz CT molecular complexity index is 862. The summed E-state index contributed by atoms with van der Waals surface area (Å²) < 4.78 is 5.17. The molecule has 3 rings (SSSR count). The van der Waals surface area contributed by atoms with Crippen molar-refractivity contribution in [3.63, 3.8) is 0 Å². The van der Waals surface area contributed by atoms with E-state index in [-0.39, 0.29) is 36.6 Å². The minimum Gasteiger partial charge on any atom is -0.469 e. The van der Waals surface area contributed by atoms with Crippen LogP contribution in [0.5, 0.6) is 0 Å². The van der Waals surface area contributed by atoms with Crippen LogP contribution in [0.15, 0.2) is 52.0 Å². The molecule has 1 N–H and O–H groups in total. The van der Waals surface area contributed by atoms with Crippen molar-refractivity contribution in [1.29, 1.82) is 0 Å². The number of hydrogen-bond acceptors (Lipinski definition) is 5. The number of benzene rings is 1. The highest BCUT2D eigenvalue weighted by Gasteiger charge is 2.34. The van der Waals surface area contributed by atoms with E-state index in [9.17, 15) is 14.4 Å². The highest BCUT2D eigenvalue weighted by Crippen LogP contribution is 2.32. The van der Waals surface area contributed by atoms with Crippen molar-refractivity contribution in [2.45, 2.75) is 12.8 Å². The summed E-state index contributed by atoms with van der Waals surface area (Å²) in [6.45, 7) is 0.346. The van der Waals surface area contributed by atoms with E-state index in [2.05, 4.69) is 5.32 Å². The van der Waals surface area contributed by atoms with Crippen molar-refractivity contribution in [2.75, 3.05) is 13.1 Å². The van der Waals surface area contributed by atoms with Crippen molar-refractivity contribution in [3.05, 3.63) is 63.9 Å². The Hall–Kier alpha value is -2.51. The van der Waals surface area contributed by atoms with E-state index in [4.69, 9.17) is 16.0 Å². The Labute approximate surface area is 165 Å². The zero-order valence-electron chi connectivity index (χ0n) is 14.3. The number of amides is 3. The number of nitrogens with zero attached hydrogens (tertiary/aromatic N) is 1. The van der Waals surface area contributed by atoms with Crippen LogP contribution in [0.3, 0.4) is 0 Å². The summed E-state index contributed by atoms with van der Waals surface area (Å²) in [5, 5.41) is 2.97. The van der Waals surface area contributed by atoms with Crippen molar-refractivity contribution in [1.82, 2.24) is 10.2 Å². The average Bonchev–Trinajstić information content (AvgIpc) is 3.26. The summed E-state index contributed by atoms with van der Waals surface area (Å²) in [7, 11) is 0. The molecule has 1 aromatic heterocycles. The van der Waals surface area contributed by atoms with E-state index in [0.29, 0.717) is 16.3 Å². The van der Waals surface area contributed by atoms with Gasteiger partial charge in [0.15, 0.2) is 0 Å². The van der Waals surface area contributed by atoms with Crippen LogP contribution in [0.25, 0.3) is 6.08 Å². The van der Waals surface area contributed by atoms with E-state index in [1.807, 2.05) is 0 Å². The van der Waals surface area contributed by atoms with Gasteiger partial charge < -0.3 is 9.73 Å². The lowest BCUT2D eigenvalue weighted by Gasteiger charge is -2.12. The van der Waals surface area contributed by atoms with Gasteiger partial charge in [-0.1, -0.05) is 23.7 Å². The van der Waals surface area contributed by atoms with Crippen LogP contribution in [0.1, 0.15) is 17.7 Å². The van der Waals surface area contributed by atoms with Gasteiger partial charge in [0.05, 0.1) is 11.2 Å². The molecule has 0 saturated carbocycles. The molecule has 27 heavy (non-hydrogen) atoms. The first kappa shape index (κ1) is 19.3. The molecule has 0 spiro atoms. The molecule has 2 aromatic rings. The van der Waals surface area contributed by atoms with Gasteiger partial charge in [0.25, 0.3) is 11.1 Å². The largest absolute Gasteiger partial charge is 0.469 e. The second kappa shape index (κ2) is 8.92. The van der Waals surface area contributed by atoms with Crippen LogP contribution in [-0.2, 0) is 16.0 Å². The topological polar surface area (TPSA) is 79.6 Å². The first-order valence-electron chi connectivity index (χ1n) is 8.33. The summed E-state index contributed by atoms with van der Waals surface area (Å²) in [6.07, 6.45) is 4.00. The quantitative estimate of drug-likeness (QED) is 0.711. The predicted molar refractivity (Wildman–Crippen MR) is 104 cm³/mol. The van der Waals surface area contributed by atoms with Gasteiger partial charge in [-0.05, 0) is 47.7 Å². The van der Waals surface area contributed by atoms with Crippen LogP contribution < -0.4 is 5.32 Å². The maximum atomic E-state index is 12.4. The van der Waals surface area contributed by atoms with Gasteiger partial charge in [0.1, 0.15) is 5.76 Å². The third-order valence-corrected chi connectivity index (χ3v) is 5.04. The van der Waals surface area contributed by atoms with Gasteiger partial charge in [0, 0.05) is 31.0 Å². The minimum atomic E-state index is -0.357. The molecule has 8 heteroatoms. The van der Waals surface area contributed by atoms with E-state index in [1.54, 1.807) is 48.7 Å². The number of carbonyl (C=O) groups is 3. The molecule has 1 aliphatic rings. The Morgan fingerprint density at radius 2 is 2.00 bits per heavy atom. The molecule has 1 aliphatic heterocycles. The average molecular weight is 405 g/mol. The third-order valence-electron chi connectivity index (χ3n) is 3.88. The summed E-state index contributed by atoms with van der Waals surface area (Å²) in [6, 6.07) is 10.6. The molecule has 1 aromatic carbocycles. The van der Waals surface area contributed by atoms with Crippen molar-refractivity contribution in [2.24, 2.45) is 0 Å².